The Morgan fingerprint density at radius 3 is 2.26 bits per heavy atom. The van der Waals surface area contributed by atoms with E-state index in [0.717, 1.165) is 13.1 Å². The zero-order valence-corrected chi connectivity index (χ0v) is 12.6. The molecule has 0 saturated heterocycles. The third-order valence-electron chi connectivity index (χ3n) is 2.89. The summed E-state index contributed by atoms with van der Waals surface area (Å²) in [5.74, 6) is -0.627. The van der Waals surface area contributed by atoms with Gasteiger partial charge in [0.05, 0.1) is 16.1 Å². The van der Waals surface area contributed by atoms with Crippen LogP contribution in [0.15, 0.2) is 12.1 Å². The van der Waals surface area contributed by atoms with Crippen molar-refractivity contribution in [2.75, 3.05) is 31.5 Å². The highest BCUT2D eigenvalue weighted by Crippen LogP contribution is 2.27. The molecule has 0 aliphatic heterocycles. The molecular weight excluding hydrogens is 290 g/mol. The van der Waals surface area contributed by atoms with Gasteiger partial charge in [0.25, 0.3) is 0 Å². The van der Waals surface area contributed by atoms with Gasteiger partial charge in [-0.25, -0.2) is 4.39 Å². The molecule has 108 valence electrons. The Balaban J connectivity index is 2.52. The lowest BCUT2D eigenvalue weighted by atomic mass is 10.2. The molecule has 0 aliphatic rings. The maximum absolute atomic E-state index is 13.2. The van der Waals surface area contributed by atoms with Crippen LogP contribution in [0.2, 0.25) is 10.0 Å². The number of benzene rings is 1. The molecule has 0 spiro atoms. The Kier molecular flexibility index (Phi) is 6.86. The molecule has 1 aromatic rings. The number of anilines is 1. The molecule has 1 rings (SSSR count). The van der Waals surface area contributed by atoms with Gasteiger partial charge in [-0.1, -0.05) is 37.0 Å². The summed E-state index contributed by atoms with van der Waals surface area (Å²) in [4.78, 5) is 2.12. The van der Waals surface area contributed by atoms with E-state index in [0.29, 0.717) is 18.8 Å². The van der Waals surface area contributed by atoms with Gasteiger partial charge in [-0.05, 0) is 25.2 Å². The van der Waals surface area contributed by atoms with E-state index in [1.165, 1.54) is 12.1 Å². The number of halogens is 3. The van der Waals surface area contributed by atoms with Gasteiger partial charge in [0.1, 0.15) is 0 Å². The van der Waals surface area contributed by atoms with Crippen molar-refractivity contribution in [2.24, 2.45) is 0 Å². The van der Waals surface area contributed by atoms with Crippen molar-refractivity contribution in [3.8, 4) is 0 Å². The summed E-state index contributed by atoms with van der Waals surface area (Å²) in [5, 5.41) is 12.8. The minimum absolute atomic E-state index is 0.0340. The molecule has 0 saturated carbocycles. The average molecular weight is 309 g/mol. The van der Waals surface area contributed by atoms with E-state index in [2.05, 4.69) is 10.2 Å². The number of hydrogen-bond donors (Lipinski definition) is 2. The van der Waals surface area contributed by atoms with Crippen LogP contribution < -0.4 is 5.32 Å². The van der Waals surface area contributed by atoms with Crippen molar-refractivity contribution in [3.05, 3.63) is 28.0 Å². The largest absolute Gasteiger partial charge is 0.390 e. The number of aliphatic hydroxyl groups excluding tert-OH is 1. The van der Waals surface area contributed by atoms with Gasteiger partial charge in [-0.3, -0.25) is 0 Å². The van der Waals surface area contributed by atoms with Crippen LogP contribution in [0.25, 0.3) is 0 Å². The topological polar surface area (TPSA) is 35.5 Å². The smallest absolute Gasteiger partial charge is 0.160 e. The van der Waals surface area contributed by atoms with Crippen LogP contribution in [-0.4, -0.2) is 42.3 Å². The van der Waals surface area contributed by atoms with Gasteiger partial charge in [-0.2, -0.15) is 0 Å². The normalized spacial score (nSPS) is 12.8. The Bertz CT molecular complexity index is 391. The first-order chi connectivity index (χ1) is 8.97. The number of nitrogens with zero attached hydrogens (tertiary/aromatic N) is 1. The Hall–Kier alpha value is -0.550. The maximum Gasteiger partial charge on any atom is 0.160 e. The highest BCUT2D eigenvalue weighted by molar-refractivity contribution is 6.35. The van der Waals surface area contributed by atoms with Crippen molar-refractivity contribution in [3.63, 3.8) is 0 Å². The van der Waals surface area contributed by atoms with Crippen LogP contribution >= 0.6 is 23.2 Å². The molecule has 0 radical (unpaired) electrons. The van der Waals surface area contributed by atoms with Crippen LogP contribution in [-0.2, 0) is 0 Å². The number of nitrogens with one attached hydrogen (secondary N) is 1. The molecule has 2 N–H and O–H groups in total. The number of hydrogen-bond acceptors (Lipinski definition) is 3. The van der Waals surface area contributed by atoms with Crippen LogP contribution in [0.4, 0.5) is 10.1 Å². The Morgan fingerprint density at radius 1 is 1.26 bits per heavy atom. The predicted molar refractivity (Wildman–Crippen MR) is 78.7 cm³/mol. The fraction of sp³-hybridized carbons (Fsp3) is 0.538. The molecule has 0 heterocycles. The summed E-state index contributed by atoms with van der Waals surface area (Å²) in [6.45, 7) is 6.81. The zero-order valence-electron chi connectivity index (χ0n) is 11.1. The summed E-state index contributed by atoms with van der Waals surface area (Å²) in [6.07, 6.45) is -0.512. The van der Waals surface area contributed by atoms with Gasteiger partial charge in [0, 0.05) is 18.8 Å². The SMILES string of the molecule is CCN(CC)CC(O)CNc1cc(Cl)c(F)c(Cl)c1. The van der Waals surface area contributed by atoms with Crippen LogP contribution in [0, 0.1) is 5.82 Å². The van der Waals surface area contributed by atoms with E-state index in [-0.39, 0.29) is 10.0 Å². The fourth-order valence-corrected chi connectivity index (χ4v) is 2.22. The van der Waals surface area contributed by atoms with Crippen LogP contribution in [0.1, 0.15) is 13.8 Å². The average Bonchev–Trinajstić information content (AvgIpc) is 2.39. The lowest BCUT2D eigenvalue weighted by molar-refractivity contribution is 0.128. The molecule has 1 unspecified atom stereocenters. The summed E-state index contributed by atoms with van der Waals surface area (Å²) in [7, 11) is 0. The Labute approximate surface area is 123 Å². The predicted octanol–water partition coefficient (Wildman–Crippen LogP) is 3.25. The number of aliphatic hydroxyl groups is 1. The molecule has 0 amide bonds. The third kappa shape index (κ3) is 5.15. The highest BCUT2D eigenvalue weighted by Gasteiger charge is 2.11. The fourth-order valence-electron chi connectivity index (χ4n) is 1.74. The zero-order chi connectivity index (χ0) is 14.4. The quantitative estimate of drug-likeness (QED) is 0.759. The third-order valence-corrected chi connectivity index (χ3v) is 3.44. The maximum atomic E-state index is 13.2. The van der Waals surface area contributed by atoms with E-state index in [1.807, 2.05) is 13.8 Å². The summed E-state index contributed by atoms with van der Waals surface area (Å²) >= 11 is 11.4. The van der Waals surface area contributed by atoms with Crippen molar-refractivity contribution in [1.82, 2.24) is 4.90 Å². The molecule has 6 heteroatoms. The van der Waals surface area contributed by atoms with E-state index in [9.17, 15) is 9.50 Å². The van der Waals surface area contributed by atoms with Crippen molar-refractivity contribution >= 4 is 28.9 Å². The molecule has 1 aromatic carbocycles. The monoisotopic (exact) mass is 308 g/mol. The minimum Gasteiger partial charge on any atom is -0.390 e. The van der Waals surface area contributed by atoms with Gasteiger partial charge in [0.15, 0.2) is 5.82 Å². The first kappa shape index (κ1) is 16.5. The lowest BCUT2D eigenvalue weighted by Crippen LogP contribution is -2.35. The summed E-state index contributed by atoms with van der Waals surface area (Å²) < 4.78 is 13.2. The van der Waals surface area contributed by atoms with E-state index in [4.69, 9.17) is 23.2 Å². The molecule has 19 heavy (non-hydrogen) atoms. The second-order valence-electron chi connectivity index (χ2n) is 4.27. The second kappa shape index (κ2) is 7.90. The van der Waals surface area contributed by atoms with Crippen LogP contribution in [0.5, 0.6) is 0 Å². The summed E-state index contributed by atoms with van der Waals surface area (Å²) in [6, 6.07) is 2.90. The highest BCUT2D eigenvalue weighted by atomic mass is 35.5. The molecule has 0 bridgehead atoms. The van der Waals surface area contributed by atoms with Crippen LogP contribution in [0.3, 0.4) is 0 Å². The summed E-state index contributed by atoms with van der Waals surface area (Å²) in [5.41, 5.74) is 0.593. The first-order valence-corrected chi connectivity index (χ1v) is 7.02. The molecule has 0 aromatic heterocycles. The Morgan fingerprint density at radius 2 is 1.79 bits per heavy atom. The molecule has 3 nitrogen and oxygen atoms in total. The lowest BCUT2D eigenvalue weighted by Gasteiger charge is -2.22. The second-order valence-corrected chi connectivity index (χ2v) is 5.09. The van der Waals surface area contributed by atoms with Gasteiger partial charge in [0.2, 0.25) is 0 Å². The number of rotatable bonds is 7. The van der Waals surface area contributed by atoms with Gasteiger partial charge >= 0.3 is 0 Å². The molecule has 1 atom stereocenters. The van der Waals surface area contributed by atoms with E-state index < -0.39 is 11.9 Å². The standard InChI is InChI=1S/C13H19Cl2FN2O/c1-3-18(4-2)8-10(19)7-17-9-5-11(14)13(16)12(15)6-9/h5-6,10,17,19H,3-4,7-8H2,1-2H3. The van der Waals surface area contributed by atoms with E-state index in [1.54, 1.807) is 0 Å². The van der Waals surface area contributed by atoms with Crippen molar-refractivity contribution < 1.29 is 9.50 Å². The molecule has 0 fully saturated rings. The minimum atomic E-state index is -0.627. The van der Waals surface area contributed by atoms with Crippen molar-refractivity contribution in [1.29, 1.82) is 0 Å². The molecule has 0 aliphatic carbocycles. The van der Waals surface area contributed by atoms with Gasteiger partial charge in [-0.15, -0.1) is 0 Å². The van der Waals surface area contributed by atoms with Gasteiger partial charge < -0.3 is 15.3 Å². The first-order valence-electron chi connectivity index (χ1n) is 6.26. The molecular formula is C13H19Cl2FN2O. The van der Waals surface area contributed by atoms with E-state index >= 15 is 0 Å². The van der Waals surface area contributed by atoms with Crippen molar-refractivity contribution in [2.45, 2.75) is 20.0 Å². The number of likely N-dealkylation sites (N-methyl/N-ethyl adjacent to an activating group) is 1.